The lowest BCUT2D eigenvalue weighted by atomic mass is 9.77. The molecule has 0 radical (unpaired) electrons. The highest BCUT2D eigenvalue weighted by Crippen LogP contribution is 2.39. The van der Waals surface area contributed by atoms with Gasteiger partial charge in [-0.05, 0) is 47.4 Å². The van der Waals surface area contributed by atoms with Crippen molar-refractivity contribution in [3.05, 3.63) is 92.6 Å². The second kappa shape index (κ2) is 9.14. The van der Waals surface area contributed by atoms with Crippen molar-refractivity contribution in [1.82, 2.24) is 15.6 Å². The van der Waals surface area contributed by atoms with Crippen LogP contribution in [0.4, 0.5) is 0 Å². The molecule has 8 nitrogen and oxygen atoms in total. The summed E-state index contributed by atoms with van der Waals surface area (Å²) >= 11 is 0. The van der Waals surface area contributed by atoms with E-state index < -0.39 is 27.3 Å². The van der Waals surface area contributed by atoms with Crippen molar-refractivity contribution in [3.63, 3.8) is 0 Å². The zero-order valence-electron chi connectivity index (χ0n) is 18.9. The predicted octanol–water partition coefficient (Wildman–Crippen LogP) is 2.77. The van der Waals surface area contributed by atoms with Crippen molar-refractivity contribution in [2.45, 2.75) is 37.8 Å². The predicted molar refractivity (Wildman–Crippen MR) is 133 cm³/mol. The number of carbonyl (C=O) groups is 2. The highest BCUT2D eigenvalue weighted by atomic mass is 32.2. The van der Waals surface area contributed by atoms with Crippen LogP contribution in [0.5, 0.6) is 0 Å². The number of carbonyl (C=O) groups excluding carboxylic acids is 2. The molecular formula is C26H25N3O5S. The molecule has 0 spiro atoms. The second-order valence-corrected chi connectivity index (χ2v) is 11.0. The van der Waals surface area contributed by atoms with Gasteiger partial charge in [-0.1, -0.05) is 48.9 Å². The van der Waals surface area contributed by atoms with Crippen molar-refractivity contribution in [1.29, 1.82) is 0 Å². The van der Waals surface area contributed by atoms with Crippen LogP contribution in [0, 0.1) is 0 Å². The molecule has 2 amide bonds. The molecule has 1 fully saturated rings. The van der Waals surface area contributed by atoms with Crippen LogP contribution in [0.3, 0.4) is 0 Å². The van der Waals surface area contributed by atoms with Gasteiger partial charge in [0.2, 0.25) is 0 Å². The van der Waals surface area contributed by atoms with Gasteiger partial charge in [-0.25, -0.2) is 8.42 Å². The Labute approximate surface area is 202 Å². The number of sulfone groups is 1. The quantitative estimate of drug-likeness (QED) is 0.489. The Hall–Kier alpha value is -3.72. The first-order chi connectivity index (χ1) is 16.8. The van der Waals surface area contributed by atoms with Gasteiger partial charge in [0.05, 0.1) is 22.9 Å². The summed E-state index contributed by atoms with van der Waals surface area (Å²) < 4.78 is 23.2. The first kappa shape index (κ1) is 23.0. The van der Waals surface area contributed by atoms with Crippen LogP contribution in [0.1, 0.15) is 57.0 Å². The van der Waals surface area contributed by atoms with Gasteiger partial charge in [-0.2, -0.15) is 0 Å². The van der Waals surface area contributed by atoms with Gasteiger partial charge in [0.25, 0.3) is 17.4 Å². The van der Waals surface area contributed by atoms with Crippen molar-refractivity contribution in [3.8, 4) is 0 Å². The summed E-state index contributed by atoms with van der Waals surface area (Å²) in [5.74, 6) is -0.936. The van der Waals surface area contributed by atoms with Crippen LogP contribution in [0.15, 0.2) is 64.8 Å². The largest absolute Gasteiger partial charge is 0.348 e. The van der Waals surface area contributed by atoms with Gasteiger partial charge in [0, 0.05) is 12.0 Å². The van der Waals surface area contributed by atoms with Crippen molar-refractivity contribution >= 4 is 32.6 Å². The third kappa shape index (κ3) is 4.77. The third-order valence-electron chi connectivity index (χ3n) is 6.61. The highest BCUT2D eigenvalue weighted by Gasteiger charge is 2.28. The Kier molecular flexibility index (Phi) is 6.02. The number of H-pyrrole nitrogens is 1. The Balaban J connectivity index is 1.48. The standard InChI is InChI=1S/C26H25N3O5S/c30-24(28-19-11-12-35(33,34)15-19)21-13-18-9-10-20(17-7-4-8-17)22(23(18)29-25(21)31)26(32)27-14-16-5-2-1-3-6-16/h1-3,5-6,9-13,17,19H,4,7-8,14-15H2,(H,27,32)(H,28,30)(H,29,31)/t19-/m1/s1. The van der Waals surface area contributed by atoms with Crippen molar-refractivity contribution in [2.24, 2.45) is 0 Å². The van der Waals surface area contributed by atoms with Crippen LogP contribution in [0.2, 0.25) is 0 Å². The Morgan fingerprint density at radius 1 is 1.03 bits per heavy atom. The monoisotopic (exact) mass is 491 g/mol. The maximum Gasteiger partial charge on any atom is 0.261 e. The lowest BCUT2D eigenvalue weighted by Gasteiger charge is -2.28. The minimum Gasteiger partial charge on any atom is -0.348 e. The number of fused-ring (bicyclic) bond motifs is 1. The number of hydrogen-bond donors (Lipinski definition) is 3. The summed E-state index contributed by atoms with van der Waals surface area (Å²) in [5.41, 5.74) is 1.90. The Morgan fingerprint density at radius 2 is 1.80 bits per heavy atom. The number of aromatic amines is 1. The molecule has 3 aromatic rings. The Morgan fingerprint density at radius 3 is 2.46 bits per heavy atom. The van der Waals surface area contributed by atoms with Gasteiger partial charge < -0.3 is 15.6 Å². The SMILES string of the molecule is O=C(N[C@@H]1C=CS(=O)(=O)C1)c1cc2ccc(C3CCC3)c(C(=O)NCc3ccccc3)c2[nH]c1=O. The van der Waals surface area contributed by atoms with Gasteiger partial charge in [-0.15, -0.1) is 0 Å². The van der Waals surface area contributed by atoms with Crippen LogP contribution < -0.4 is 16.2 Å². The normalized spacial score (nSPS) is 18.8. The fraction of sp³-hybridized carbons (Fsp3) is 0.269. The van der Waals surface area contributed by atoms with E-state index in [2.05, 4.69) is 15.6 Å². The number of aromatic nitrogens is 1. The number of amides is 2. The zero-order valence-corrected chi connectivity index (χ0v) is 19.7. The maximum atomic E-state index is 13.3. The summed E-state index contributed by atoms with van der Waals surface area (Å²) in [7, 11) is -3.34. The Bertz CT molecular complexity index is 1510. The van der Waals surface area contributed by atoms with Crippen LogP contribution >= 0.6 is 0 Å². The molecule has 1 aliphatic heterocycles. The number of pyridine rings is 1. The molecule has 0 bridgehead atoms. The first-order valence-corrected chi connectivity index (χ1v) is 13.3. The lowest BCUT2D eigenvalue weighted by Crippen LogP contribution is -2.38. The summed E-state index contributed by atoms with van der Waals surface area (Å²) in [5, 5.41) is 7.15. The fourth-order valence-electron chi connectivity index (χ4n) is 4.54. The molecule has 9 heteroatoms. The first-order valence-electron chi connectivity index (χ1n) is 11.5. The molecule has 5 rings (SSSR count). The van der Waals surface area contributed by atoms with E-state index in [0.29, 0.717) is 23.0 Å². The van der Waals surface area contributed by atoms with E-state index in [9.17, 15) is 22.8 Å². The van der Waals surface area contributed by atoms with Crippen molar-refractivity contribution in [2.75, 3.05) is 5.75 Å². The molecule has 1 aromatic heterocycles. The highest BCUT2D eigenvalue weighted by molar-refractivity contribution is 7.94. The molecule has 1 aliphatic carbocycles. The van der Waals surface area contributed by atoms with E-state index in [1.807, 2.05) is 42.5 Å². The number of nitrogens with one attached hydrogen (secondary N) is 3. The van der Waals surface area contributed by atoms with Crippen LogP contribution in [-0.2, 0) is 16.4 Å². The smallest absolute Gasteiger partial charge is 0.261 e. The maximum absolute atomic E-state index is 13.3. The molecule has 0 saturated heterocycles. The van der Waals surface area contributed by atoms with E-state index in [1.165, 1.54) is 12.1 Å². The lowest BCUT2D eigenvalue weighted by molar-refractivity contribution is 0.0941. The van der Waals surface area contributed by atoms with E-state index in [4.69, 9.17) is 0 Å². The van der Waals surface area contributed by atoms with E-state index >= 15 is 0 Å². The van der Waals surface area contributed by atoms with Crippen LogP contribution in [-0.4, -0.2) is 37.0 Å². The minimum absolute atomic E-state index is 0.137. The van der Waals surface area contributed by atoms with Gasteiger partial charge in [0.1, 0.15) is 5.56 Å². The molecule has 35 heavy (non-hydrogen) atoms. The average Bonchev–Trinajstić information content (AvgIpc) is 3.14. The number of hydrogen-bond acceptors (Lipinski definition) is 5. The third-order valence-corrected chi connectivity index (χ3v) is 8.01. The second-order valence-electron chi connectivity index (χ2n) is 9.04. The van der Waals surface area contributed by atoms with E-state index in [1.54, 1.807) is 0 Å². The molecule has 180 valence electrons. The molecule has 1 atom stereocenters. The summed E-state index contributed by atoms with van der Waals surface area (Å²) in [6.07, 6.45) is 4.44. The number of benzene rings is 2. The summed E-state index contributed by atoms with van der Waals surface area (Å²) in [6.45, 7) is 0.350. The topological polar surface area (TPSA) is 125 Å². The minimum atomic E-state index is -3.34. The molecule has 2 aromatic carbocycles. The molecule has 3 N–H and O–H groups in total. The van der Waals surface area contributed by atoms with Gasteiger partial charge in [0.15, 0.2) is 9.84 Å². The molecule has 1 saturated carbocycles. The van der Waals surface area contributed by atoms with Crippen LogP contribution in [0.25, 0.3) is 10.9 Å². The van der Waals surface area contributed by atoms with Gasteiger partial charge in [-0.3, -0.25) is 14.4 Å². The van der Waals surface area contributed by atoms with E-state index in [0.717, 1.165) is 35.8 Å². The summed E-state index contributed by atoms with van der Waals surface area (Å²) in [4.78, 5) is 41.8. The molecule has 2 aliphatic rings. The zero-order chi connectivity index (χ0) is 24.6. The van der Waals surface area contributed by atoms with Gasteiger partial charge >= 0.3 is 0 Å². The number of rotatable bonds is 6. The molecule has 0 unspecified atom stereocenters. The average molecular weight is 492 g/mol. The molecular weight excluding hydrogens is 466 g/mol. The van der Waals surface area contributed by atoms with E-state index in [-0.39, 0.29) is 23.1 Å². The summed E-state index contributed by atoms with van der Waals surface area (Å²) in [6, 6.07) is 14.0. The fourth-order valence-corrected chi connectivity index (χ4v) is 5.78. The van der Waals surface area contributed by atoms with Crippen molar-refractivity contribution < 1.29 is 18.0 Å². The molecule has 2 heterocycles.